The normalized spacial score (nSPS) is 21.0. The molecule has 1 aromatic rings. The van der Waals surface area contributed by atoms with E-state index in [9.17, 15) is 9.59 Å². The second kappa shape index (κ2) is 5.30. The highest BCUT2D eigenvalue weighted by atomic mass is 16.5. The lowest BCUT2D eigenvalue weighted by Gasteiger charge is -2.10. The van der Waals surface area contributed by atoms with E-state index in [1.165, 1.54) is 0 Å². The molecular weight excluding hydrogens is 246 g/mol. The Bertz CT molecular complexity index is 481. The summed E-state index contributed by atoms with van der Waals surface area (Å²) in [4.78, 5) is 22.4. The number of hydrogen-bond acceptors (Lipinski definition) is 3. The molecular formula is C14H17NO4. The summed E-state index contributed by atoms with van der Waals surface area (Å²) < 4.78 is 5.49. The van der Waals surface area contributed by atoms with Crippen LogP contribution in [0.2, 0.25) is 0 Å². The molecule has 0 radical (unpaired) electrons. The summed E-state index contributed by atoms with van der Waals surface area (Å²) in [6.45, 7) is 3.88. The molecule has 2 rings (SSSR count). The van der Waals surface area contributed by atoms with Gasteiger partial charge in [-0.25, -0.2) is 0 Å². The van der Waals surface area contributed by atoms with Gasteiger partial charge in [0.2, 0.25) is 5.91 Å². The smallest absolute Gasteiger partial charge is 0.307 e. The fourth-order valence-electron chi connectivity index (χ4n) is 1.88. The third-order valence-electron chi connectivity index (χ3n) is 2.94. The average Bonchev–Trinajstić information content (AvgIpc) is 3.11. The number of hydrogen-bond donors (Lipinski definition) is 2. The first-order valence-electron chi connectivity index (χ1n) is 6.27. The molecule has 2 N–H and O–H groups in total. The number of ether oxygens (including phenoxy) is 1. The van der Waals surface area contributed by atoms with Crippen LogP contribution in [0.3, 0.4) is 0 Å². The van der Waals surface area contributed by atoms with Gasteiger partial charge in [0.25, 0.3) is 0 Å². The minimum atomic E-state index is -0.902. The second-order valence-corrected chi connectivity index (χ2v) is 4.97. The highest BCUT2D eigenvalue weighted by Crippen LogP contribution is 2.39. The summed E-state index contributed by atoms with van der Waals surface area (Å²) in [7, 11) is 0. The second-order valence-electron chi connectivity index (χ2n) is 4.97. The minimum absolute atomic E-state index is 0.100. The van der Waals surface area contributed by atoms with E-state index >= 15 is 0 Å². The maximum absolute atomic E-state index is 11.7. The molecule has 0 aliphatic heterocycles. The first-order chi connectivity index (χ1) is 8.97. The number of aliphatic carboxylic acids is 1. The Labute approximate surface area is 111 Å². The van der Waals surface area contributed by atoms with Crippen LogP contribution in [-0.4, -0.2) is 23.1 Å². The molecule has 1 amide bonds. The number of amides is 1. The highest BCUT2D eigenvalue weighted by molar-refractivity contribution is 5.98. The molecule has 5 nitrogen and oxygen atoms in total. The molecule has 1 aromatic carbocycles. The van der Waals surface area contributed by atoms with Crippen LogP contribution < -0.4 is 10.1 Å². The topological polar surface area (TPSA) is 75.6 Å². The number of carbonyl (C=O) groups excluding carboxylic acids is 1. The van der Waals surface area contributed by atoms with Gasteiger partial charge in [-0.1, -0.05) is 0 Å². The number of nitrogens with one attached hydrogen (secondary N) is 1. The van der Waals surface area contributed by atoms with E-state index in [1.807, 2.05) is 13.8 Å². The van der Waals surface area contributed by atoms with E-state index in [0.717, 1.165) is 5.75 Å². The Morgan fingerprint density at radius 3 is 2.37 bits per heavy atom. The maximum Gasteiger partial charge on any atom is 0.307 e. The Morgan fingerprint density at radius 1 is 1.26 bits per heavy atom. The van der Waals surface area contributed by atoms with Gasteiger partial charge in [-0.2, -0.15) is 0 Å². The SMILES string of the molecule is CC(C)Oc1ccc(NC(=O)[C@@H]2C[C@@H]2C(=O)O)cc1. The Balaban J connectivity index is 1.90. The first-order valence-corrected chi connectivity index (χ1v) is 6.27. The van der Waals surface area contributed by atoms with Crippen molar-refractivity contribution in [3.63, 3.8) is 0 Å². The van der Waals surface area contributed by atoms with Gasteiger partial charge in [-0.15, -0.1) is 0 Å². The molecule has 0 spiro atoms. The molecule has 1 aliphatic rings. The van der Waals surface area contributed by atoms with Crippen molar-refractivity contribution in [1.29, 1.82) is 0 Å². The minimum Gasteiger partial charge on any atom is -0.491 e. The van der Waals surface area contributed by atoms with Crippen molar-refractivity contribution in [2.75, 3.05) is 5.32 Å². The summed E-state index contributed by atoms with van der Waals surface area (Å²) in [6.07, 6.45) is 0.527. The van der Waals surface area contributed by atoms with Crippen LogP contribution in [0.25, 0.3) is 0 Å². The molecule has 1 saturated carbocycles. The third-order valence-corrected chi connectivity index (χ3v) is 2.94. The lowest BCUT2D eigenvalue weighted by atomic mass is 10.2. The summed E-state index contributed by atoms with van der Waals surface area (Å²) >= 11 is 0. The Morgan fingerprint density at radius 2 is 1.89 bits per heavy atom. The van der Waals surface area contributed by atoms with Gasteiger partial charge >= 0.3 is 5.97 Å². The Kier molecular flexibility index (Phi) is 3.74. The van der Waals surface area contributed by atoms with Gasteiger partial charge in [-0.3, -0.25) is 9.59 Å². The maximum atomic E-state index is 11.7. The largest absolute Gasteiger partial charge is 0.491 e. The number of benzene rings is 1. The van der Waals surface area contributed by atoms with Gasteiger partial charge < -0.3 is 15.2 Å². The van der Waals surface area contributed by atoms with Gasteiger partial charge in [0.1, 0.15) is 5.75 Å². The molecule has 0 bridgehead atoms. The fourth-order valence-corrected chi connectivity index (χ4v) is 1.88. The van der Waals surface area contributed by atoms with E-state index < -0.39 is 17.8 Å². The van der Waals surface area contributed by atoms with E-state index in [4.69, 9.17) is 9.84 Å². The molecule has 19 heavy (non-hydrogen) atoms. The summed E-state index contributed by atoms with van der Waals surface area (Å²) in [5, 5.41) is 11.5. The molecule has 0 aromatic heterocycles. The van der Waals surface area contributed by atoms with E-state index in [-0.39, 0.29) is 12.0 Å². The number of carboxylic acid groups (broad SMARTS) is 1. The van der Waals surface area contributed by atoms with Crippen LogP contribution >= 0.6 is 0 Å². The predicted octanol–water partition coefficient (Wildman–Crippen LogP) is 2.13. The van der Waals surface area contributed by atoms with Gasteiger partial charge in [0, 0.05) is 5.69 Å². The third kappa shape index (κ3) is 3.47. The number of carboxylic acids is 1. The van der Waals surface area contributed by atoms with Crippen LogP contribution in [0, 0.1) is 11.8 Å². The highest BCUT2D eigenvalue weighted by Gasteiger charge is 2.48. The zero-order valence-corrected chi connectivity index (χ0v) is 10.9. The molecule has 5 heteroatoms. The molecule has 1 fully saturated rings. The van der Waals surface area contributed by atoms with Crippen molar-refractivity contribution < 1.29 is 19.4 Å². The first kappa shape index (κ1) is 13.4. The van der Waals surface area contributed by atoms with Crippen LogP contribution in [0.4, 0.5) is 5.69 Å². The van der Waals surface area contributed by atoms with Crippen molar-refractivity contribution in [2.45, 2.75) is 26.4 Å². The molecule has 0 heterocycles. The van der Waals surface area contributed by atoms with Gasteiger partial charge in [-0.05, 0) is 44.5 Å². The molecule has 0 saturated heterocycles. The zero-order chi connectivity index (χ0) is 14.0. The lowest BCUT2D eigenvalue weighted by Crippen LogP contribution is -2.16. The standard InChI is InChI=1S/C14H17NO4/c1-8(2)19-10-5-3-9(4-6-10)15-13(16)11-7-12(11)14(17)18/h3-6,8,11-12H,7H2,1-2H3,(H,15,16)(H,17,18)/t11-,12+/m1/s1. The quantitative estimate of drug-likeness (QED) is 0.853. The summed E-state index contributed by atoms with van der Waals surface area (Å²) in [6, 6.07) is 7.04. The van der Waals surface area contributed by atoms with Gasteiger partial charge in [0.15, 0.2) is 0 Å². The average molecular weight is 263 g/mol. The zero-order valence-electron chi connectivity index (χ0n) is 10.9. The fraction of sp³-hybridized carbons (Fsp3) is 0.429. The van der Waals surface area contributed by atoms with Crippen LogP contribution in [0.1, 0.15) is 20.3 Å². The number of carbonyl (C=O) groups is 2. The van der Waals surface area contributed by atoms with Crippen molar-refractivity contribution in [3.8, 4) is 5.75 Å². The van der Waals surface area contributed by atoms with E-state index in [0.29, 0.717) is 12.1 Å². The predicted molar refractivity (Wildman–Crippen MR) is 70.1 cm³/mol. The molecule has 0 unspecified atom stereocenters. The van der Waals surface area contributed by atoms with Crippen LogP contribution in [-0.2, 0) is 9.59 Å². The van der Waals surface area contributed by atoms with Crippen molar-refractivity contribution in [3.05, 3.63) is 24.3 Å². The molecule has 2 atom stereocenters. The summed E-state index contributed by atoms with van der Waals surface area (Å²) in [5.74, 6) is -1.32. The van der Waals surface area contributed by atoms with E-state index in [1.54, 1.807) is 24.3 Å². The van der Waals surface area contributed by atoms with Crippen molar-refractivity contribution >= 4 is 17.6 Å². The number of anilines is 1. The molecule has 1 aliphatic carbocycles. The lowest BCUT2D eigenvalue weighted by molar-refractivity contribution is -0.139. The van der Waals surface area contributed by atoms with Crippen LogP contribution in [0.15, 0.2) is 24.3 Å². The number of rotatable bonds is 5. The summed E-state index contributed by atoms with van der Waals surface area (Å²) in [5.41, 5.74) is 0.650. The monoisotopic (exact) mass is 263 g/mol. The van der Waals surface area contributed by atoms with Crippen LogP contribution in [0.5, 0.6) is 5.75 Å². The van der Waals surface area contributed by atoms with Crippen molar-refractivity contribution in [2.24, 2.45) is 11.8 Å². The van der Waals surface area contributed by atoms with E-state index in [2.05, 4.69) is 5.32 Å². The van der Waals surface area contributed by atoms with Crippen molar-refractivity contribution in [1.82, 2.24) is 0 Å². The molecule has 102 valence electrons. The Hall–Kier alpha value is -2.04. The van der Waals surface area contributed by atoms with Gasteiger partial charge in [0.05, 0.1) is 17.9 Å².